The number of para-hydroxylation sites is 2. The number of fused-ring (bicyclic) bond motifs is 1. The molecule has 0 spiro atoms. The summed E-state index contributed by atoms with van der Waals surface area (Å²) in [6.07, 6.45) is 3.26. The maximum absolute atomic E-state index is 13.1. The SMILES string of the molecule is O=C(Nc1ccc(C(=O)N2CCCC2c2nc3ccccc3[nH]2)cc1)c1ccco1. The average molecular weight is 400 g/mol. The van der Waals surface area contributed by atoms with E-state index in [2.05, 4.69) is 15.3 Å². The van der Waals surface area contributed by atoms with Gasteiger partial charge >= 0.3 is 0 Å². The van der Waals surface area contributed by atoms with E-state index < -0.39 is 0 Å². The highest BCUT2D eigenvalue weighted by Crippen LogP contribution is 2.32. The average Bonchev–Trinajstić information content (AvgIpc) is 3.53. The molecule has 1 unspecified atom stereocenters. The Bertz CT molecular complexity index is 1160. The number of carbonyl (C=O) groups excluding carboxylic acids is 2. The lowest BCUT2D eigenvalue weighted by atomic mass is 10.1. The molecule has 1 aliphatic heterocycles. The van der Waals surface area contributed by atoms with Gasteiger partial charge in [0.15, 0.2) is 5.76 Å². The smallest absolute Gasteiger partial charge is 0.291 e. The van der Waals surface area contributed by atoms with Gasteiger partial charge in [-0.1, -0.05) is 12.1 Å². The van der Waals surface area contributed by atoms with Crippen molar-refractivity contribution in [3.8, 4) is 0 Å². The van der Waals surface area contributed by atoms with Gasteiger partial charge in [-0.3, -0.25) is 9.59 Å². The van der Waals surface area contributed by atoms with Crippen molar-refractivity contribution in [3.63, 3.8) is 0 Å². The van der Waals surface area contributed by atoms with Gasteiger partial charge in [-0.15, -0.1) is 0 Å². The van der Waals surface area contributed by atoms with Crippen molar-refractivity contribution in [2.24, 2.45) is 0 Å². The Labute approximate surface area is 172 Å². The number of aromatic amines is 1. The summed E-state index contributed by atoms with van der Waals surface area (Å²) in [6.45, 7) is 0.692. The van der Waals surface area contributed by atoms with Crippen LogP contribution in [0.1, 0.15) is 45.6 Å². The standard InChI is InChI=1S/C23H20N4O3/c28-22(20-8-4-14-30-20)24-16-11-9-15(10-12-16)23(29)27-13-3-7-19(27)21-25-17-5-1-2-6-18(17)26-21/h1-2,4-6,8-12,14,19H,3,7,13H2,(H,24,28)(H,25,26). The van der Waals surface area contributed by atoms with Gasteiger partial charge in [0, 0.05) is 17.8 Å². The van der Waals surface area contributed by atoms with Crippen molar-refractivity contribution in [2.75, 3.05) is 11.9 Å². The van der Waals surface area contributed by atoms with Gasteiger partial charge in [-0.05, 0) is 61.4 Å². The minimum Gasteiger partial charge on any atom is -0.459 e. The number of nitrogens with zero attached hydrogens (tertiary/aromatic N) is 2. The Hall–Kier alpha value is -3.87. The third kappa shape index (κ3) is 3.34. The molecule has 7 heteroatoms. The van der Waals surface area contributed by atoms with E-state index in [0.29, 0.717) is 17.8 Å². The minimum absolute atomic E-state index is 0.0399. The third-order valence-electron chi connectivity index (χ3n) is 5.37. The molecule has 1 fully saturated rings. The zero-order valence-corrected chi connectivity index (χ0v) is 16.2. The van der Waals surface area contributed by atoms with Gasteiger partial charge in [0.05, 0.1) is 23.3 Å². The maximum Gasteiger partial charge on any atom is 0.291 e. The predicted molar refractivity (Wildman–Crippen MR) is 112 cm³/mol. The number of likely N-dealkylation sites (tertiary alicyclic amines) is 1. The second-order valence-corrected chi connectivity index (χ2v) is 7.30. The number of H-pyrrole nitrogens is 1. The van der Waals surface area contributed by atoms with Crippen LogP contribution in [-0.2, 0) is 0 Å². The molecule has 2 aromatic carbocycles. The second-order valence-electron chi connectivity index (χ2n) is 7.30. The number of hydrogen-bond donors (Lipinski definition) is 2. The van der Waals surface area contributed by atoms with Crippen molar-refractivity contribution < 1.29 is 14.0 Å². The van der Waals surface area contributed by atoms with Crippen molar-refractivity contribution in [1.82, 2.24) is 14.9 Å². The highest BCUT2D eigenvalue weighted by molar-refractivity contribution is 6.02. The topological polar surface area (TPSA) is 91.2 Å². The molecule has 4 aromatic rings. The first kappa shape index (κ1) is 18.2. The van der Waals surface area contributed by atoms with Crippen LogP contribution in [0.3, 0.4) is 0 Å². The Kier molecular flexibility index (Phi) is 4.55. The fraction of sp³-hybridized carbons (Fsp3) is 0.174. The monoisotopic (exact) mass is 400 g/mol. The molecule has 0 saturated carbocycles. The molecule has 2 N–H and O–H groups in total. The van der Waals surface area contributed by atoms with Crippen molar-refractivity contribution in [3.05, 3.63) is 84.1 Å². The number of furan rings is 1. The number of benzene rings is 2. The Morgan fingerprint density at radius 1 is 1.07 bits per heavy atom. The van der Waals surface area contributed by atoms with Gasteiger partial charge in [-0.2, -0.15) is 0 Å². The van der Waals surface area contributed by atoms with Crippen LogP contribution in [0.4, 0.5) is 5.69 Å². The number of aromatic nitrogens is 2. The summed E-state index contributed by atoms with van der Waals surface area (Å²) in [6, 6.07) is 18.0. The van der Waals surface area contributed by atoms with Crippen LogP contribution in [0.15, 0.2) is 71.3 Å². The predicted octanol–water partition coefficient (Wildman–Crippen LogP) is 4.39. The van der Waals surface area contributed by atoms with Crippen LogP contribution < -0.4 is 5.32 Å². The summed E-state index contributed by atoms with van der Waals surface area (Å²) < 4.78 is 5.09. The number of hydrogen-bond acceptors (Lipinski definition) is 4. The highest BCUT2D eigenvalue weighted by atomic mass is 16.3. The molecule has 150 valence electrons. The maximum atomic E-state index is 13.1. The van der Waals surface area contributed by atoms with Crippen LogP contribution in [0.5, 0.6) is 0 Å². The quantitative estimate of drug-likeness (QED) is 0.532. The van der Waals surface area contributed by atoms with E-state index in [1.54, 1.807) is 36.4 Å². The fourth-order valence-electron chi connectivity index (χ4n) is 3.89. The van der Waals surface area contributed by atoms with E-state index >= 15 is 0 Å². The molecular formula is C23H20N4O3. The molecule has 0 radical (unpaired) electrons. The van der Waals surface area contributed by atoms with Crippen molar-refractivity contribution >= 4 is 28.5 Å². The molecule has 30 heavy (non-hydrogen) atoms. The van der Waals surface area contributed by atoms with Crippen LogP contribution in [-0.4, -0.2) is 33.2 Å². The molecule has 1 aliphatic rings. The lowest BCUT2D eigenvalue weighted by Crippen LogP contribution is -2.31. The van der Waals surface area contributed by atoms with Gasteiger partial charge in [0.2, 0.25) is 0 Å². The van der Waals surface area contributed by atoms with Crippen LogP contribution in [0.2, 0.25) is 0 Å². The largest absolute Gasteiger partial charge is 0.459 e. The first-order chi connectivity index (χ1) is 14.7. The van der Waals surface area contributed by atoms with Crippen molar-refractivity contribution in [1.29, 1.82) is 0 Å². The van der Waals surface area contributed by atoms with E-state index in [4.69, 9.17) is 4.42 Å². The minimum atomic E-state index is -0.330. The first-order valence-corrected chi connectivity index (χ1v) is 9.89. The molecule has 3 heterocycles. The summed E-state index contributed by atoms with van der Waals surface area (Å²) in [5.41, 5.74) is 3.06. The number of rotatable bonds is 4. The molecule has 1 atom stereocenters. The highest BCUT2D eigenvalue weighted by Gasteiger charge is 2.32. The first-order valence-electron chi connectivity index (χ1n) is 9.89. The summed E-state index contributed by atoms with van der Waals surface area (Å²) in [4.78, 5) is 35.1. The summed E-state index contributed by atoms with van der Waals surface area (Å²) >= 11 is 0. The number of nitrogens with one attached hydrogen (secondary N) is 2. The molecular weight excluding hydrogens is 380 g/mol. The summed E-state index contributed by atoms with van der Waals surface area (Å²) in [5.74, 6) is 0.690. The van der Waals surface area contributed by atoms with E-state index in [-0.39, 0.29) is 23.6 Å². The van der Waals surface area contributed by atoms with Crippen molar-refractivity contribution in [2.45, 2.75) is 18.9 Å². The molecule has 2 aromatic heterocycles. The Balaban J connectivity index is 1.32. The second kappa shape index (κ2) is 7.51. The van der Waals surface area contributed by atoms with E-state index in [9.17, 15) is 9.59 Å². The van der Waals surface area contributed by atoms with Gasteiger partial charge in [0.25, 0.3) is 11.8 Å². The lowest BCUT2D eigenvalue weighted by molar-refractivity contribution is 0.0730. The van der Waals surface area contributed by atoms with E-state index in [0.717, 1.165) is 29.7 Å². The molecule has 1 saturated heterocycles. The number of amides is 2. The normalized spacial score (nSPS) is 16.1. The number of carbonyl (C=O) groups is 2. The van der Waals surface area contributed by atoms with Gasteiger partial charge < -0.3 is 19.6 Å². The zero-order chi connectivity index (χ0) is 20.5. The number of imidazole rings is 1. The molecule has 0 bridgehead atoms. The van der Waals surface area contributed by atoms with Gasteiger partial charge in [-0.25, -0.2) is 4.98 Å². The van der Waals surface area contributed by atoms with Crippen LogP contribution in [0.25, 0.3) is 11.0 Å². The Morgan fingerprint density at radius 2 is 1.90 bits per heavy atom. The van der Waals surface area contributed by atoms with Crippen LogP contribution in [0, 0.1) is 0 Å². The zero-order valence-electron chi connectivity index (χ0n) is 16.2. The summed E-state index contributed by atoms with van der Waals surface area (Å²) in [7, 11) is 0. The fourth-order valence-corrected chi connectivity index (χ4v) is 3.89. The van der Waals surface area contributed by atoms with Crippen LogP contribution >= 0.6 is 0 Å². The number of anilines is 1. The van der Waals surface area contributed by atoms with E-state index in [1.165, 1.54) is 6.26 Å². The van der Waals surface area contributed by atoms with E-state index in [1.807, 2.05) is 29.2 Å². The molecule has 2 amide bonds. The molecule has 0 aliphatic carbocycles. The lowest BCUT2D eigenvalue weighted by Gasteiger charge is -2.23. The Morgan fingerprint density at radius 3 is 2.67 bits per heavy atom. The third-order valence-corrected chi connectivity index (χ3v) is 5.37. The molecule has 5 rings (SSSR count). The van der Waals surface area contributed by atoms with Gasteiger partial charge in [0.1, 0.15) is 5.82 Å². The summed E-state index contributed by atoms with van der Waals surface area (Å²) in [5, 5.41) is 2.76. The molecule has 7 nitrogen and oxygen atoms in total.